The predicted molar refractivity (Wildman–Crippen MR) is 84.7 cm³/mol. The zero-order valence-electron chi connectivity index (χ0n) is 13.0. The molecule has 0 radical (unpaired) electrons. The topological polar surface area (TPSA) is 73.5 Å². The molecule has 1 aromatic heterocycles. The molecule has 1 heterocycles. The van der Waals surface area contributed by atoms with Crippen molar-refractivity contribution < 1.29 is 19.1 Å². The van der Waals surface area contributed by atoms with Crippen LogP contribution in [0.1, 0.15) is 24.2 Å². The molecule has 23 heavy (non-hydrogen) atoms. The number of esters is 1. The van der Waals surface area contributed by atoms with E-state index in [0.29, 0.717) is 11.3 Å². The number of anilines is 1. The Hall–Kier alpha value is -2.89. The molecule has 1 aromatic carbocycles. The highest BCUT2D eigenvalue weighted by Crippen LogP contribution is 2.15. The Morgan fingerprint density at radius 2 is 1.78 bits per heavy atom. The van der Waals surface area contributed by atoms with Crippen molar-refractivity contribution in [2.75, 3.05) is 11.4 Å². The zero-order chi connectivity index (χ0) is 16.8. The minimum Gasteiger partial charge on any atom is -0.619 e. The first kappa shape index (κ1) is 16.5. The molecule has 2 aromatic rings. The maximum Gasteiger partial charge on any atom is 0.339 e. The maximum absolute atomic E-state index is 12.5. The van der Waals surface area contributed by atoms with Gasteiger partial charge in [0, 0.05) is 24.4 Å². The molecule has 0 spiro atoms. The lowest BCUT2D eigenvalue weighted by Crippen LogP contribution is -2.40. The van der Waals surface area contributed by atoms with Crippen molar-refractivity contribution in [2.24, 2.45) is 0 Å². The molecular formula is C17H18N2O4. The fourth-order valence-electron chi connectivity index (χ4n) is 2.12. The summed E-state index contributed by atoms with van der Waals surface area (Å²) in [5.74, 6) is -0.947. The van der Waals surface area contributed by atoms with E-state index >= 15 is 0 Å². The van der Waals surface area contributed by atoms with Crippen LogP contribution in [-0.2, 0) is 9.53 Å². The van der Waals surface area contributed by atoms with Gasteiger partial charge < -0.3 is 14.8 Å². The summed E-state index contributed by atoms with van der Waals surface area (Å²) in [6.07, 6.45) is 1.47. The molecular weight excluding hydrogens is 296 g/mol. The number of amides is 1. The number of carbonyl (C=O) groups excluding carboxylic acids is 2. The van der Waals surface area contributed by atoms with E-state index in [-0.39, 0.29) is 11.5 Å². The Labute approximate surface area is 134 Å². The largest absolute Gasteiger partial charge is 0.619 e. The fraction of sp³-hybridized carbons (Fsp3) is 0.235. The highest BCUT2D eigenvalue weighted by molar-refractivity contribution is 5.98. The van der Waals surface area contributed by atoms with Gasteiger partial charge in [-0.25, -0.2) is 4.79 Å². The molecule has 6 heteroatoms. The van der Waals surface area contributed by atoms with Crippen LogP contribution in [0.5, 0.6) is 0 Å². The molecule has 0 saturated heterocycles. The summed E-state index contributed by atoms with van der Waals surface area (Å²) < 4.78 is 5.77. The van der Waals surface area contributed by atoms with Crippen molar-refractivity contribution in [2.45, 2.75) is 20.0 Å². The lowest BCUT2D eigenvalue weighted by Gasteiger charge is -2.24. The van der Waals surface area contributed by atoms with Crippen LogP contribution in [0.4, 0.5) is 5.69 Å². The SMILES string of the molecule is CCN(C(=O)[C@H](C)OC(=O)c1cc[n+]([O-])cc1)c1ccccc1. The van der Waals surface area contributed by atoms with E-state index in [4.69, 9.17) is 4.74 Å². The highest BCUT2D eigenvalue weighted by atomic mass is 16.5. The molecule has 0 saturated carbocycles. The first-order valence-electron chi connectivity index (χ1n) is 7.29. The fourth-order valence-corrected chi connectivity index (χ4v) is 2.12. The van der Waals surface area contributed by atoms with Crippen molar-refractivity contribution in [1.82, 2.24) is 0 Å². The number of hydrogen-bond donors (Lipinski definition) is 0. The number of hydrogen-bond acceptors (Lipinski definition) is 4. The second-order valence-corrected chi connectivity index (χ2v) is 4.91. The van der Waals surface area contributed by atoms with Crippen molar-refractivity contribution in [1.29, 1.82) is 0 Å². The molecule has 0 aliphatic carbocycles. The second-order valence-electron chi connectivity index (χ2n) is 4.91. The molecule has 0 unspecified atom stereocenters. The van der Waals surface area contributed by atoms with Crippen molar-refractivity contribution in [3.05, 3.63) is 65.6 Å². The third kappa shape index (κ3) is 4.06. The van der Waals surface area contributed by atoms with Gasteiger partial charge in [0.05, 0.1) is 5.56 Å². The minimum absolute atomic E-state index is 0.222. The van der Waals surface area contributed by atoms with E-state index < -0.39 is 12.1 Å². The summed E-state index contributed by atoms with van der Waals surface area (Å²) in [6, 6.07) is 11.9. The molecule has 0 fully saturated rings. The smallest absolute Gasteiger partial charge is 0.339 e. The van der Waals surface area contributed by atoms with Gasteiger partial charge in [0.1, 0.15) is 0 Å². The number of pyridine rings is 1. The van der Waals surface area contributed by atoms with Gasteiger partial charge >= 0.3 is 5.97 Å². The number of carbonyl (C=O) groups is 2. The quantitative estimate of drug-likeness (QED) is 0.480. The van der Waals surface area contributed by atoms with Crippen LogP contribution in [0, 0.1) is 5.21 Å². The lowest BCUT2D eigenvalue weighted by molar-refractivity contribution is -0.605. The van der Waals surface area contributed by atoms with Crippen molar-refractivity contribution in [3.8, 4) is 0 Å². The van der Waals surface area contributed by atoms with E-state index in [0.717, 1.165) is 5.69 Å². The predicted octanol–water partition coefficient (Wildman–Crippen LogP) is 1.92. The minimum atomic E-state index is -0.928. The number of aromatic nitrogens is 1. The molecule has 120 valence electrons. The molecule has 0 N–H and O–H groups in total. The maximum atomic E-state index is 12.5. The third-order valence-electron chi connectivity index (χ3n) is 3.32. The Morgan fingerprint density at radius 3 is 2.35 bits per heavy atom. The first-order valence-corrected chi connectivity index (χ1v) is 7.29. The summed E-state index contributed by atoms with van der Waals surface area (Å²) >= 11 is 0. The Bertz CT molecular complexity index is 671. The van der Waals surface area contributed by atoms with Crippen molar-refractivity contribution in [3.63, 3.8) is 0 Å². The number of rotatable bonds is 5. The van der Waals surface area contributed by atoms with Gasteiger partial charge in [-0.2, -0.15) is 4.73 Å². The number of benzene rings is 1. The standard InChI is InChI=1S/C17H18N2O4/c1-3-19(15-7-5-4-6-8-15)16(20)13(2)23-17(21)14-9-11-18(22)12-10-14/h4-13H,3H2,1-2H3/t13-/m0/s1. The molecule has 1 amide bonds. The summed E-state index contributed by atoms with van der Waals surface area (Å²) in [5.41, 5.74) is 0.967. The van der Waals surface area contributed by atoms with Crippen LogP contribution in [-0.4, -0.2) is 24.5 Å². The van der Waals surface area contributed by atoms with Crippen molar-refractivity contribution >= 4 is 17.6 Å². The van der Waals surface area contributed by atoms with Crippen LogP contribution in [0.2, 0.25) is 0 Å². The number of ether oxygens (including phenoxy) is 1. The third-order valence-corrected chi connectivity index (χ3v) is 3.32. The second kappa shape index (κ2) is 7.40. The van der Waals surface area contributed by atoms with E-state index in [9.17, 15) is 14.8 Å². The summed E-state index contributed by atoms with van der Waals surface area (Å²) in [6.45, 7) is 3.85. The van der Waals surface area contributed by atoms with Gasteiger partial charge in [-0.1, -0.05) is 18.2 Å². The van der Waals surface area contributed by atoms with Gasteiger partial charge in [-0.15, -0.1) is 0 Å². The summed E-state index contributed by atoms with van der Waals surface area (Å²) in [5, 5.41) is 11.0. The van der Waals surface area contributed by atoms with Crippen LogP contribution in [0.15, 0.2) is 54.9 Å². The van der Waals surface area contributed by atoms with Gasteiger partial charge in [0.25, 0.3) is 5.91 Å². The summed E-state index contributed by atoms with van der Waals surface area (Å²) in [4.78, 5) is 26.1. The van der Waals surface area contributed by atoms with Crippen LogP contribution < -0.4 is 9.63 Å². The Kier molecular flexibility index (Phi) is 5.30. The normalized spacial score (nSPS) is 11.6. The van der Waals surface area contributed by atoms with E-state index in [1.54, 1.807) is 4.90 Å². The number of likely N-dealkylation sites (N-methyl/N-ethyl adjacent to an activating group) is 1. The average molecular weight is 314 g/mol. The van der Waals surface area contributed by atoms with Gasteiger partial charge in [-0.05, 0) is 26.0 Å². The monoisotopic (exact) mass is 314 g/mol. The van der Waals surface area contributed by atoms with E-state index in [1.165, 1.54) is 31.5 Å². The Balaban J connectivity index is 2.06. The lowest BCUT2D eigenvalue weighted by atomic mass is 10.2. The molecule has 2 rings (SSSR count). The molecule has 0 aliphatic rings. The summed E-state index contributed by atoms with van der Waals surface area (Å²) in [7, 11) is 0. The van der Waals surface area contributed by atoms with Crippen LogP contribution >= 0.6 is 0 Å². The first-order chi connectivity index (χ1) is 11.0. The number of para-hydroxylation sites is 1. The van der Waals surface area contributed by atoms with Crippen LogP contribution in [0.3, 0.4) is 0 Å². The molecule has 0 bridgehead atoms. The Morgan fingerprint density at radius 1 is 1.17 bits per heavy atom. The number of nitrogens with zero attached hydrogens (tertiary/aromatic N) is 2. The van der Waals surface area contributed by atoms with Gasteiger partial charge in [0.2, 0.25) is 0 Å². The van der Waals surface area contributed by atoms with Crippen LogP contribution in [0.25, 0.3) is 0 Å². The molecule has 1 atom stereocenters. The van der Waals surface area contributed by atoms with E-state index in [1.807, 2.05) is 37.3 Å². The van der Waals surface area contributed by atoms with E-state index in [2.05, 4.69) is 0 Å². The molecule has 0 aliphatic heterocycles. The zero-order valence-corrected chi connectivity index (χ0v) is 13.0. The highest BCUT2D eigenvalue weighted by Gasteiger charge is 2.24. The van der Waals surface area contributed by atoms with Gasteiger partial charge in [-0.3, -0.25) is 4.79 Å². The van der Waals surface area contributed by atoms with Gasteiger partial charge in [0.15, 0.2) is 18.5 Å². The molecule has 6 nitrogen and oxygen atoms in total. The average Bonchev–Trinajstić information content (AvgIpc) is 2.57.